The van der Waals surface area contributed by atoms with Gasteiger partial charge in [-0.3, -0.25) is 0 Å². The maximum atomic E-state index is 9.82. The minimum Gasteiger partial charge on any atom is -0.387 e. The second-order valence-electron chi connectivity index (χ2n) is 3.20. The Kier molecular flexibility index (Phi) is 5.25. The third kappa shape index (κ3) is 3.57. The molecule has 0 amide bonds. The lowest BCUT2D eigenvalue weighted by molar-refractivity contribution is -0.163. The standard InChI is InChI=1S/C11H15BrO3/c1-14-11(15-2)10(13)7-8-5-3-4-6-9(8)12/h3-6,10-11,13H,7H2,1-2H3. The highest BCUT2D eigenvalue weighted by Gasteiger charge is 2.18. The fraction of sp³-hybridized carbons (Fsp3) is 0.455. The number of aliphatic hydroxyl groups is 1. The lowest BCUT2D eigenvalue weighted by atomic mass is 10.1. The van der Waals surface area contributed by atoms with E-state index in [9.17, 15) is 5.11 Å². The predicted molar refractivity (Wildman–Crippen MR) is 61.7 cm³/mol. The molecule has 1 N–H and O–H groups in total. The van der Waals surface area contributed by atoms with E-state index < -0.39 is 12.4 Å². The van der Waals surface area contributed by atoms with Gasteiger partial charge in [0.2, 0.25) is 0 Å². The smallest absolute Gasteiger partial charge is 0.183 e. The number of hydrogen-bond acceptors (Lipinski definition) is 3. The van der Waals surface area contributed by atoms with Crippen molar-refractivity contribution in [3.8, 4) is 0 Å². The van der Waals surface area contributed by atoms with Gasteiger partial charge in [-0.05, 0) is 11.6 Å². The molecule has 1 rings (SSSR count). The Morgan fingerprint density at radius 2 is 1.87 bits per heavy atom. The molecule has 0 saturated carbocycles. The first-order valence-corrected chi connectivity index (χ1v) is 5.45. The quantitative estimate of drug-likeness (QED) is 0.835. The van der Waals surface area contributed by atoms with Crippen molar-refractivity contribution < 1.29 is 14.6 Å². The van der Waals surface area contributed by atoms with Gasteiger partial charge in [0, 0.05) is 25.1 Å². The zero-order valence-electron chi connectivity index (χ0n) is 8.81. The Bertz CT molecular complexity index is 300. The van der Waals surface area contributed by atoms with E-state index in [4.69, 9.17) is 9.47 Å². The molecule has 0 bridgehead atoms. The predicted octanol–water partition coefficient (Wildman–Crippen LogP) is 1.97. The molecule has 84 valence electrons. The summed E-state index contributed by atoms with van der Waals surface area (Å²) in [4.78, 5) is 0. The molecule has 0 aliphatic heterocycles. The van der Waals surface area contributed by atoms with E-state index >= 15 is 0 Å². The number of hydrogen-bond donors (Lipinski definition) is 1. The van der Waals surface area contributed by atoms with E-state index in [1.807, 2.05) is 24.3 Å². The Hall–Kier alpha value is -0.420. The molecule has 4 heteroatoms. The van der Waals surface area contributed by atoms with Gasteiger partial charge in [-0.1, -0.05) is 34.1 Å². The molecule has 1 aromatic carbocycles. The van der Waals surface area contributed by atoms with Crippen molar-refractivity contribution in [2.24, 2.45) is 0 Å². The summed E-state index contributed by atoms with van der Waals surface area (Å²) in [6.07, 6.45) is -0.760. The Balaban J connectivity index is 2.65. The molecule has 3 nitrogen and oxygen atoms in total. The average Bonchev–Trinajstić information content (AvgIpc) is 2.23. The van der Waals surface area contributed by atoms with Gasteiger partial charge < -0.3 is 14.6 Å². The number of benzene rings is 1. The van der Waals surface area contributed by atoms with Gasteiger partial charge in [-0.15, -0.1) is 0 Å². The molecule has 15 heavy (non-hydrogen) atoms. The number of aliphatic hydroxyl groups excluding tert-OH is 1. The monoisotopic (exact) mass is 274 g/mol. The van der Waals surface area contributed by atoms with Crippen LogP contribution in [-0.4, -0.2) is 31.7 Å². The largest absolute Gasteiger partial charge is 0.387 e. The van der Waals surface area contributed by atoms with Crippen LogP contribution in [-0.2, 0) is 15.9 Å². The molecule has 1 aromatic rings. The van der Waals surface area contributed by atoms with Crippen molar-refractivity contribution in [1.82, 2.24) is 0 Å². The van der Waals surface area contributed by atoms with Crippen molar-refractivity contribution in [2.75, 3.05) is 14.2 Å². The third-order valence-electron chi connectivity index (χ3n) is 2.17. The highest BCUT2D eigenvalue weighted by molar-refractivity contribution is 9.10. The number of methoxy groups -OCH3 is 2. The molecule has 0 heterocycles. The van der Waals surface area contributed by atoms with Crippen LogP contribution in [0.15, 0.2) is 28.7 Å². The molecule has 0 aliphatic carbocycles. The van der Waals surface area contributed by atoms with Crippen LogP contribution in [0.3, 0.4) is 0 Å². The molecule has 1 unspecified atom stereocenters. The van der Waals surface area contributed by atoms with E-state index in [0.29, 0.717) is 6.42 Å². The molecular formula is C11H15BrO3. The van der Waals surface area contributed by atoms with Crippen molar-refractivity contribution in [3.63, 3.8) is 0 Å². The second-order valence-corrected chi connectivity index (χ2v) is 4.06. The van der Waals surface area contributed by atoms with Gasteiger partial charge in [0.25, 0.3) is 0 Å². The first kappa shape index (κ1) is 12.6. The Morgan fingerprint density at radius 1 is 1.27 bits per heavy atom. The van der Waals surface area contributed by atoms with Crippen molar-refractivity contribution in [3.05, 3.63) is 34.3 Å². The molecular weight excluding hydrogens is 260 g/mol. The summed E-state index contributed by atoms with van der Waals surface area (Å²) in [5.74, 6) is 0. The van der Waals surface area contributed by atoms with E-state index in [0.717, 1.165) is 10.0 Å². The van der Waals surface area contributed by atoms with Gasteiger partial charge in [0.1, 0.15) is 6.10 Å². The maximum absolute atomic E-state index is 9.82. The number of halogens is 1. The van der Waals surface area contributed by atoms with Crippen molar-refractivity contribution >= 4 is 15.9 Å². The van der Waals surface area contributed by atoms with Gasteiger partial charge in [-0.25, -0.2) is 0 Å². The summed E-state index contributed by atoms with van der Waals surface area (Å²) in [7, 11) is 3.02. The summed E-state index contributed by atoms with van der Waals surface area (Å²) < 4.78 is 11.0. The highest BCUT2D eigenvalue weighted by atomic mass is 79.9. The molecule has 0 aliphatic rings. The minimum absolute atomic E-state index is 0.494. The van der Waals surface area contributed by atoms with Crippen LogP contribution in [0.4, 0.5) is 0 Å². The van der Waals surface area contributed by atoms with Crippen molar-refractivity contribution in [1.29, 1.82) is 0 Å². The molecule has 0 fully saturated rings. The normalized spacial score (nSPS) is 13.1. The lowest BCUT2D eigenvalue weighted by Gasteiger charge is -2.20. The molecule has 0 radical (unpaired) electrons. The fourth-order valence-corrected chi connectivity index (χ4v) is 1.84. The Labute approximate surface area is 98.1 Å². The summed E-state index contributed by atoms with van der Waals surface area (Å²) in [6.45, 7) is 0. The van der Waals surface area contributed by atoms with Gasteiger partial charge in [-0.2, -0.15) is 0 Å². The first-order chi connectivity index (χ1) is 7.19. The first-order valence-electron chi connectivity index (χ1n) is 4.66. The number of rotatable bonds is 5. The molecule has 1 atom stereocenters. The molecule has 0 saturated heterocycles. The van der Waals surface area contributed by atoms with Crippen LogP contribution in [0, 0.1) is 0 Å². The van der Waals surface area contributed by atoms with Crippen LogP contribution < -0.4 is 0 Å². The summed E-state index contributed by atoms with van der Waals surface area (Å²) >= 11 is 3.42. The molecule has 0 spiro atoms. The SMILES string of the molecule is COC(OC)C(O)Cc1ccccc1Br. The van der Waals surface area contributed by atoms with Crippen molar-refractivity contribution in [2.45, 2.75) is 18.8 Å². The van der Waals surface area contributed by atoms with Crippen LogP contribution in [0.25, 0.3) is 0 Å². The molecule has 0 aromatic heterocycles. The topological polar surface area (TPSA) is 38.7 Å². The zero-order chi connectivity index (χ0) is 11.3. The van der Waals surface area contributed by atoms with Crippen LogP contribution >= 0.6 is 15.9 Å². The average molecular weight is 275 g/mol. The van der Waals surface area contributed by atoms with E-state index in [2.05, 4.69) is 15.9 Å². The number of ether oxygens (including phenoxy) is 2. The Morgan fingerprint density at radius 3 is 2.40 bits per heavy atom. The second kappa shape index (κ2) is 6.23. The minimum atomic E-state index is -0.668. The van der Waals surface area contributed by atoms with Gasteiger partial charge in [0.15, 0.2) is 6.29 Å². The fourth-order valence-electron chi connectivity index (χ4n) is 1.40. The van der Waals surface area contributed by atoms with Gasteiger partial charge >= 0.3 is 0 Å². The lowest BCUT2D eigenvalue weighted by Crippen LogP contribution is -2.31. The summed E-state index contributed by atoms with van der Waals surface area (Å²) in [5, 5.41) is 9.82. The van der Waals surface area contributed by atoms with Crippen LogP contribution in [0.5, 0.6) is 0 Å². The summed E-state index contributed by atoms with van der Waals surface area (Å²) in [5.41, 5.74) is 1.03. The van der Waals surface area contributed by atoms with Gasteiger partial charge in [0.05, 0.1) is 0 Å². The van der Waals surface area contributed by atoms with E-state index in [1.54, 1.807) is 0 Å². The summed E-state index contributed by atoms with van der Waals surface area (Å²) in [6, 6.07) is 7.76. The van der Waals surface area contributed by atoms with E-state index in [-0.39, 0.29) is 0 Å². The van der Waals surface area contributed by atoms with Crippen LogP contribution in [0.2, 0.25) is 0 Å². The van der Waals surface area contributed by atoms with Crippen LogP contribution in [0.1, 0.15) is 5.56 Å². The van der Waals surface area contributed by atoms with E-state index in [1.165, 1.54) is 14.2 Å². The zero-order valence-corrected chi connectivity index (χ0v) is 10.4. The highest BCUT2D eigenvalue weighted by Crippen LogP contribution is 2.18. The maximum Gasteiger partial charge on any atom is 0.183 e. The third-order valence-corrected chi connectivity index (χ3v) is 2.94.